The van der Waals surface area contributed by atoms with Crippen LogP contribution in [0.5, 0.6) is 0 Å². The summed E-state index contributed by atoms with van der Waals surface area (Å²) in [4.78, 5) is 10.5. The zero-order chi connectivity index (χ0) is 17.7. The lowest BCUT2D eigenvalue weighted by molar-refractivity contribution is -0.140. The van der Waals surface area contributed by atoms with Crippen LogP contribution in [0.25, 0.3) is 0 Å². The molecule has 136 valence electrons. The molecule has 1 fully saturated rings. The van der Waals surface area contributed by atoms with Crippen molar-refractivity contribution in [2.45, 2.75) is 39.8 Å². The summed E-state index contributed by atoms with van der Waals surface area (Å²) >= 11 is 1.04. The number of rotatable bonds is 4. The van der Waals surface area contributed by atoms with Gasteiger partial charge in [0.15, 0.2) is 11.7 Å². The zero-order valence-electron chi connectivity index (χ0n) is 14.4. The highest BCUT2D eigenvalue weighted by Gasteiger charge is 2.33. The number of hydrogen-bond donors (Lipinski definition) is 1. The first-order valence-corrected chi connectivity index (χ1v) is 9.22. The molecule has 1 N–H and O–H groups in total. The van der Waals surface area contributed by atoms with Crippen molar-refractivity contribution >= 4 is 17.3 Å². The maximum Gasteiger partial charge on any atom is 0.434 e. The van der Waals surface area contributed by atoms with E-state index in [4.69, 9.17) is 0 Å². The highest BCUT2D eigenvalue weighted by atomic mass is 32.1. The van der Waals surface area contributed by atoms with E-state index in [2.05, 4.69) is 34.0 Å². The number of aliphatic imine (C=N–C) groups is 1. The Morgan fingerprint density at radius 1 is 1.38 bits per heavy atom. The molecule has 4 nitrogen and oxygen atoms in total. The molecule has 0 aromatic carbocycles. The van der Waals surface area contributed by atoms with Gasteiger partial charge in [-0.3, -0.25) is 4.99 Å². The van der Waals surface area contributed by atoms with Gasteiger partial charge >= 0.3 is 6.18 Å². The lowest BCUT2D eigenvalue weighted by Crippen LogP contribution is -2.48. The van der Waals surface area contributed by atoms with Crippen LogP contribution < -0.4 is 5.32 Å². The minimum atomic E-state index is -4.37. The van der Waals surface area contributed by atoms with E-state index in [0.29, 0.717) is 29.8 Å². The van der Waals surface area contributed by atoms with E-state index >= 15 is 0 Å². The molecule has 1 aliphatic heterocycles. The summed E-state index contributed by atoms with van der Waals surface area (Å²) < 4.78 is 37.7. The Balaban J connectivity index is 1.97. The monoisotopic (exact) mass is 362 g/mol. The third-order valence-corrected chi connectivity index (χ3v) is 4.84. The van der Waals surface area contributed by atoms with Gasteiger partial charge in [0.05, 0.1) is 5.01 Å². The molecule has 2 rings (SSSR count). The first kappa shape index (κ1) is 19.0. The third kappa shape index (κ3) is 5.36. The molecule has 0 radical (unpaired) electrons. The van der Waals surface area contributed by atoms with E-state index in [9.17, 15) is 13.2 Å². The van der Waals surface area contributed by atoms with Gasteiger partial charge in [0.1, 0.15) is 0 Å². The molecule has 0 bridgehead atoms. The second-order valence-corrected chi connectivity index (χ2v) is 7.40. The summed E-state index contributed by atoms with van der Waals surface area (Å²) in [7, 11) is 0. The molecule has 1 aliphatic rings. The molecule has 0 aliphatic carbocycles. The Morgan fingerprint density at radius 3 is 2.58 bits per heavy atom. The molecule has 24 heavy (non-hydrogen) atoms. The zero-order valence-corrected chi connectivity index (χ0v) is 15.2. The number of nitrogens with zero attached hydrogens (tertiary/aromatic N) is 3. The summed E-state index contributed by atoms with van der Waals surface area (Å²) in [6.45, 7) is 9.63. The smallest absolute Gasteiger partial charge is 0.357 e. The predicted octanol–water partition coefficient (Wildman–Crippen LogP) is 3.65. The molecule has 0 amide bonds. The van der Waals surface area contributed by atoms with Crippen molar-refractivity contribution in [2.24, 2.45) is 16.8 Å². The maximum absolute atomic E-state index is 12.6. The number of likely N-dealkylation sites (tertiary alicyclic amines) is 1. The topological polar surface area (TPSA) is 40.5 Å². The van der Waals surface area contributed by atoms with Crippen LogP contribution in [0.1, 0.15) is 37.9 Å². The van der Waals surface area contributed by atoms with Gasteiger partial charge in [-0.1, -0.05) is 13.8 Å². The van der Waals surface area contributed by atoms with E-state index < -0.39 is 11.9 Å². The predicted molar refractivity (Wildman–Crippen MR) is 91.3 cm³/mol. The highest BCUT2D eigenvalue weighted by molar-refractivity contribution is 7.09. The molecule has 0 saturated carbocycles. The number of nitrogens with one attached hydrogen (secondary N) is 1. The molecule has 2 unspecified atom stereocenters. The van der Waals surface area contributed by atoms with Gasteiger partial charge in [-0.25, -0.2) is 4.98 Å². The van der Waals surface area contributed by atoms with E-state index in [1.165, 1.54) is 6.42 Å². The maximum atomic E-state index is 12.6. The van der Waals surface area contributed by atoms with Gasteiger partial charge in [0.2, 0.25) is 0 Å². The van der Waals surface area contributed by atoms with Crippen LogP contribution in [0.2, 0.25) is 0 Å². The fourth-order valence-corrected chi connectivity index (χ4v) is 3.87. The molecule has 2 atom stereocenters. The summed E-state index contributed by atoms with van der Waals surface area (Å²) in [6, 6.07) is 0. The fraction of sp³-hybridized carbons (Fsp3) is 0.750. The Hall–Kier alpha value is -1.31. The standard InChI is InChI=1S/C16H25F3N4S/c1-4-20-15(23-8-11(2)7-12(3)9-23)21-6-5-14-22-13(10-24-14)16(17,18)19/h10-12H,4-9H2,1-3H3,(H,20,21). The van der Waals surface area contributed by atoms with Gasteiger partial charge in [0.25, 0.3) is 0 Å². The molecule has 2 heterocycles. The van der Waals surface area contributed by atoms with Gasteiger partial charge in [-0.2, -0.15) is 13.2 Å². The second-order valence-electron chi connectivity index (χ2n) is 6.46. The van der Waals surface area contributed by atoms with Crippen LogP contribution >= 0.6 is 11.3 Å². The first-order valence-electron chi connectivity index (χ1n) is 8.34. The number of aromatic nitrogens is 1. The van der Waals surface area contributed by atoms with Gasteiger partial charge in [0, 0.05) is 38.0 Å². The quantitative estimate of drug-likeness (QED) is 0.657. The average molecular weight is 362 g/mol. The van der Waals surface area contributed by atoms with Crippen molar-refractivity contribution in [3.8, 4) is 0 Å². The number of alkyl halides is 3. The van der Waals surface area contributed by atoms with Crippen LogP contribution in [0.4, 0.5) is 13.2 Å². The lowest BCUT2D eigenvalue weighted by Gasteiger charge is -2.37. The number of guanidine groups is 1. The molecular formula is C16H25F3N4S. The molecule has 8 heteroatoms. The Bertz CT molecular complexity index is 546. The van der Waals surface area contributed by atoms with Crippen molar-refractivity contribution in [1.29, 1.82) is 0 Å². The van der Waals surface area contributed by atoms with Crippen molar-refractivity contribution in [3.05, 3.63) is 16.1 Å². The summed E-state index contributed by atoms with van der Waals surface area (Å²) in [5.74, 6) is 2.08. The highest BCUT2D eigenvalue weighted by Crippen LogP contribution is 2.30. The number of halogens is 3. The van der Waals surface area contributed by atoms with Crippen LogP contribution in [0.3, 0.4) is 0 Å². The van der Waals surface area contributed by atoms with E-state index in [1.807, 2.05) is 6.92 Å². The van der Waals surface area contributed by atoms with Crippen molar-refractivity contribution in [2.75, 3.05) is 26.2 Å². The number of thiazole rings is 1. The van der Waals surface area contributed by atoms with Gasteiger partial charge in [-0.15, -0.1) is 11.3 Å². The largest absolute Gasteiger partial charge is 0.434 e. The van der Waals surface area contributed by atoms with Crippen LogP contribution in [-0.2, 0) is 12.6 Å². The van der Waals surface area contributed by atoms with E-state index in [0.717, 1.165) is 42.3 Å². The van der Waals surface area contributed by atoms with Crippen molar-refractivity contribution < 1.29 is 13.2 Å². The summed E-state index contributed by atoms with van der Waals surface area (Å²) in [5.41, 5.74) is -0.808. The van der Waals surface area contributed by atoms with Crippen LogP contribution in [-0.4, -0.2) is 42.0 Å². The summed E-state index contributed by atoms with van der Waals surface area (Å²) in [6.07, 6.45) is -2.73. The number of piperidine rings is 1. The SMILES string of the molecule is CCNC(=NCCc1nc(C(F)(F)F)cs1)N1CC(C)CC(C)C1. The molecular weight excluding hydrogens is 337 g/mol. The average Bonchev–Trinajstić information content (AvgIpc) is 2.94. The van der Waals surface area contributed by atoms with E-state index in [-0.39, 0.29) is 0 Å². The molecule has 0 spiro atoms. The number of hydrogen-bond acceptors (Lipinski definition) is 3. The fourth-order valence-electron chi connectivity index (χ4n) is 3.08. The van der Waals surface area contributed by atoms with Crippen molar-refractivity contribution in [3.63, 3.8) is 0 Å². The Labute approximate surface area is 145 Å². The Kier molecular flexibility index (Phi) is 6.48. The molecule has 1 aromatic heterocycles. The molecule has 1 aromatic rings. The summed E-state index contributed by atoms with van der Waals surface area (Å²) in [5, 5.41) is 4.83. The minimum absolute atomic E-state index is 0.425. The van der Waals surface area contributed by atoms with Crippen LogP contribution in [0.15, 0.2) is 10.4 Å². The van der Waals surface area contributed by atoms with E-state index in [1.54, 1.807) is 0 Å². The van der Waals surface area contributed by atoms with Crippen molar-refractivity contribution in [1.82, 2.24) is 15.2 Å². The minimum Gasteiger partial charge on any atom is -0.357 e. The second kappa shape index (κ2) is 8.18. The third-order valence-electron chi connectivity index (χ3n) is 3.93. The van der Waals surface area contributed by atoms with Gasteiger partial charge < -0.3 is 10.2 Å². The molecule has 1 saturated heterocycles. The van der Waals surface area contributed by atoms with Gasteiger partial charge in [-0.05, 0) is 25.2 Å². The van der Waals surface area contributed by atoms with Crippen LogP contribution in [0, 0.1) is 11.8 Å². The normalized spacial score (nSPS) is 22.8. The lowest BCUT2D eigenvalue weighted by atomic mass is 9.92. The first-order chi connectivity index (χ1) is 11.3. The Morgan fingerprint density at radius 2 is 2.04 bits per heavy atom.